The van der Waals surface area contributed by atoms with Gasteiger partial charge in [0, 0.05) is 37.4 Å². The number of alkyl carbamates (subject to hydrolysis) is 2. The van der Waals surface area contributed by atoms with Crippen molar-refractivity contribution in [3.63, 3.8) is 0 Å². The number of likely N-dealkylation sites (tertiary alicyclic amines) is 2. The van der Waals surface area contributed by atoms with Crippen molar-refractivity contribution in [1.82, 2.24) is 40.4 Å². The second-order valence-corrected chi connectivity index (χ2v) is 16.3. The monoisotopic (exact) mass is 828 g/mol. The van der Waals surface area contributed by atoms with E-state index in [-0.39, 0.29) is 35.7 Å². The maximum Gasteiger partial charge on any atom is 0.407 e. The molecule has 0 bridgehead atoms. The molecule has 4 atom stereocenters. The third-order valence-electron chi connectivity index (χ3n) is 12.1. The molecule has 0 saturated carbocycles. The van der Waals surface area contributed by atoms with E-state index in [1.165, 1.54) is 14.2 Å². The van der Waals surface area contributed by atoms with Crippen LogP contribution in [0, 0.1) is 23.7 Å². The van der Waals surface area contributed by atoms with Crippen LogP contribution < -0.4 is 10.6 Å². The fourth-order valence-corrected chi connectivity index (χ4v) is 8.82. The van der Waals surface area contributed by atoms with Gasteiger partial charge in [0.15, 0.2) is 0 Å². The minimum Gasteiger partial charge on any atom is -0.453 e. The molecular weight excluding hydrogens is 777 g/mol. The number of amides is 4. The van der Waals surface area contributed by atoms with Crippen LogP contribution >= 0.6 is 0 Å². The van der Waals surface area contributed by atoms with Gasteiger partial charge >= 0.3 is 12.2 Å². The SMILES string of the molecule is COC(=O)NC(C(=O)N1CCCC1c1nc2ccc(C#Cc3ccc(-c4ccc5nc(C6CCCN6C(=O)C(NC(=O)OC)C6CCOCC6)[nH]c5c4)cc3)cc2[nH]1)C(C)C. The molecule has 3 saturated heterocycles. The summed E-state index contributed by atoms with van der Waals surface area (Å²) >= 11 is 0. The largest absolute Gasteiger partial charge is 0.453 e. The summed E-state index contributed by atoms with van der Waals surface area (Å²) in [4.78, 5) is 72.2. The number of benzene rings is 3. The lowest BCUT2D eigenvalue weighted by molar-refractivity contribution is -0.137. The Hall–Kier alpha value is -6.40. The quantitative estimate of drug-likeness (QED) is 0.123. The number of carbonyl (C=O) groups excluding carboxylic acids is 4. The Morgan fingerprint density at radius 1 is 0.705 bits per heavy atom. The Labute approximate surface area is 354 Å². The average Bonchev–Trinajstić information content (AvgIpc) is 4.12. The van der Waals surface area contributed by atoms with E-state index in [4.69, 9.17) is 24.2 Å². The molecule has 5 heterocycles. The molecule has 4 amide bonds. The molecule has 5 aromatic rings. The lowest BCUT2D eigenvalue weighted by atomic mass is 9.90. The summed E-state index contributed by atoms with van der Waals surface area (Å²) in [5.41, 5.74) is 7.07. The molecule has 4 unspecified atom stereocenters. The number of methoxy groups -OCH3 is 2. The zero-order valence-corrected chi connectivity index (χ0v) is 35.0. The molecule has 3 aromatic carbocycles. The maximum absolute atomic E-state index is 14.0. The molecule has 4 N–H and O–H groups in total. The lowest BCUT2D eigenvalue weighted by Gasteiger charge is -2.34. The van der Waals surface area contributed by atoms with Gasteiger partial charge in [-0.05, 0) is 104 Å². The standard InChI is InChI=1S/C46H52N8O7/c1-27(2)39(51-45(57)59-3)43(55)53-21-5-7-37(53)41-47-33-17-13-29(25-35(33)49-41)10-9-28-11-14-30(15-12-28)32-16-18-34-36(26-32)50-42(48-34)38-8-6-22-54(38)44(56)40(52-46(58)60-4)31-19-23-61-24-20-31/h11-18,25-27,31,37-40H,5-8,19-24H2,1-4H3,(H,47,49)(H,48,50)(H,51,57)(H,52,58). The molecule has 2 aromatic heterocycles. The summed E-state index contributed by atoms with van der Waals surface area (Å²) < 4.78 is 15.2. The first-order valence-corrected chi connectivity index (χ1v) is 21.1. The molecule has 0 aliphatic carbocycles. The van der Waals surface area contributed by atoms with Crippen LogP contribution in [0.4, 0.5) is 9.59 Å². The van der Waals surface area contributed by atoms with Gasteiger partial charge in [-0.1, -0.05) is 43.9 Å². The van der Waals surface area contributed by atoms with Crippen molar-refractivity contribution < 1.29 is 33.4 Å². The number of fused-ring (bicyclic) bond motifs is 2. The summed E-state index contributed by atoms with van der Waals surface area (Å²) in [5, 5.41) is 5.51. The smallest absolute Gasteiger partial charge is 0.407 e. The second kappa shape index (κ2) is 18.1. The van der Waals surface area contributed by atoms with Crippen molar-refractivity contribution in [3.8, 4) is 23.0 Å². The molecular formula is C46H52N8O7. The van der Waals surface area contributed by atoms with Crippen LogP contribution in [0.15, 0.2) is 60.7 Å². The van der Waals surface area contributed by atoms with E-state index >= 15 is 0 Å². The number of aromatic amines is 2. The molecule has 61 heavy (non-hydrogen) atoms. The maximum atomic E-state index is 14.0. The number of ether oxygens (including phenoxy) is 3. The van der Waals surface area contributed by atoms with Gasteiger partial charge in [-0.2, -0.15) is 0 Å². The van der Waals surface area contributed by atoms with Gasteiger partial charge in [0.05, 0.1) is 48.4 Å². The van der Waals surface area contributed by atoms with Gasteiger partial charge in [-0.25, -0.2) is 19.6 Å². The van der Waals surface area contributed by atoms with Gasteiger partial charge in [0.1, 0.15) is 23.7 Å². The lowest BCUT2D eigenvalue weighted by Crippen LogP contribution is -2.53. The predicted octanol–water partition coefficient (Wildman–Crippen LogP) is 6.36. The predicted molar refractivity (Wildman–Crippen MR) is 228 cm³/mol. The highest BCUT2D eigenvalue weighted by Crippen LogP contribution is 2.35. The Kier molecular flexibility index (Phi) is 12.2. The van der Waals surface area contributed by atoms with Crippen LogP contribution in [-0.4, -0.2) is 106 Å². The van der Waals surface area contributed by atoms with Gasteiger partial charge in [0.25, 0.3) is 0 Å². The van der Waals surface area contributed by atoms with E-state index in [1.54, 1.807) is 4.90 Å². The number of aromatic nitrogens is 4. The Balaban J connectivity index is 0.941. The first kappa shape index (κ1) is 41.3. The zero-order valence-electron chi connectivity index (χ0n) is 35.0. The van der Waals surface area contributed by atoms with Crippen LogP contribution in [0.25, 0.3) is 33.2 Å². The normalized spacial score (nSPS) is 19.1. The van der Waals surface area contributed by atoms with Crippen LogP contribution in [0.1, 0.15) is 87.2 Å². The molecule has 3 fully saturated rings. The molecule has 15 nitrogen and oxygen atoms in total. The second-order valence-electron chi connectivity index (χ2n) is 16.3. The van der Waals surface area contributed by atoms with E-state index in [2.05, 4.69) is 38.5 Å². The van der Waals surface area contributed by atoms with Crippen molar-refractivity contribution >= 4 is 46.1 Å². The third kappa shape index (κ3) is 8.90. The number of nitrogens with zero attached hydrogens (tertiary/aromatic N) is 4. The number of carbonyl (C=O) groups is 4. The van der Waals surface area contributed by atoms with Gasteiger partial charge in [-0.15, -0.1) is 0 Å². The van der Waals surface area contributed by atoms with Crippen molar-refractivity contribution in [3.05, 3.63) is 83.4 Å². The zero-order chi connectivity index (χ0) is 42.6. The van der Waals surface area contributed by atoms with Crippen LogP contribution in [0.5, 0.6) is 0 Å². The first-order valence-electron chi connectivity index (χ1n) is 21.1. The Morgan fingerprint density at radius 3 is 1.87 bits per heavy atom. The number of imidazole rings is 2. The third-order valence-corrected chi connectivity index (χ3v) is 12.1. The minimum atomic E-state index is -0.698. The van der Waals surface area contributed by atoms with Crippen LogP contribution in [0.3, 0.4) is 0 Å². The number of rotatable bonds is 9. The summed E-state index contributed by atoms with van der Waals surface area (Å²) in [6, 6.07) is 18.2. The summed E-state index contributed by atoms with van der Waals surface area (Å²) in [6.45, 7) is 6.08. The highest BCUT2D eigenvalue weighted by atomic mass is 16.5. The summed E-state index contributed by atoms with van der Waals surface area (Å²) in [5.74, 6) is 7.61. The number of nitrogens with one attached hydrogen (secondary N) is 4. The molecule has 3 aliphatic rings. The van der Waals surface area contributed by atoms with Crippen LogP contribution in [0.2, 0.25) is 0 Å². The highest BCUT2D eigenvalue weighted by molar-refractivity contribution is 5.88. The highest BCUT2D eigenvalue weighted by Gasteiger charge is 2.41. The van der Waals surface area contributed by atoms with Crippen LogP contribution in [-0.2, 0) is 23.8 Å². The number of H-pyrrole nitrogens is 2. The molecule has 0 radical (unpaired) electrons. The molecule has 0 spiro atoms. The van der Waals surface area contributed by atoms with Crippen molar-refractivity contribution in [2.75, 3.05) is 40.5 Å². The van der Waals surface area contributed by atoms with E-state index in [0.717, 1.165) is 75.8 Å². The summed E-state index contributed by atoms with van der Waals surface area (Å²) in [6.07, 6.45) is 3.36. The fourth-order valence-electron chi connectivity index (χ4n) is 8.82. The Bertz CT molecular complexity index is 2480. The van der Waals surface area contributed by atoms with E-state index < -0.39 is 24.3 Å². The van der Waals surface area contributed by atoms with Crippen molar-refractivity contribution in [1.29, 1.82) is 0 Å². The fraction of sp³-hybridized carbons (Fsp3) is 0.435. The first-order chi connectivity index (χ1) is 29.6. The molecule has 3 aliphatic heterocycles. The van der Waals surface area contributed by atoms with Gasteiger partial charge in [-0.3, -0.25) is 9.59 Å². The molecule has 8 rings (SSSR count). The topological polar surface area (TPSA) is 184 Å². The molecule has 15 heteroatoms. The number of hydrogen-bond acceptors (Lipinski definition) is 9. The summed E-state index contributed by atoms with van der Waals surface area (Å²) in [7, 11) is 2.60. The van der Waals surface area contributed by atoms with Crippen molar-refractivity contribution in [2.45, 2.75) is 76.5 Å². The van der Waals surface area contributed by atoms with Gasteiger partial charge < -0.3 is 44.6 Å². The minimum absolute atomic E-state index is 0.0318. The average molecular weight is 829 g/mol. The Morgan fingerprint density at radius 2 is 1.25 bits per heavy atom. The van der Waals surface area contributed by atoms with Gasteiger partial charge in [0.2, 0.25) is 11.8 Å². The van der Waals surface area contributed by atoms with E-state index in [0.29, 0.717) is 45.0 Å². The van der Waals surface area contributed by atoms with E-state index in [1.807, 2.05) is 73.3 Å². The van der Waals surface area contributed by atoms with E-state index in [9.17, 15) is 19.2 Å². The molecule has 318 valence electrons. The number of hydrogen-bond donors (Lipinski definition) is 4. The van der Waals surface area contributed by atoms with Crippen molar-refractivity contribution in [2.24, 2.45) is 11.8 Å².